The molecule has 0 bridgehead atoms. The molecule has 8 heteroatoms. The molecule has 1 heterocycles. The number of ether oxygens (including phenoxy) is 1. The molecule has 2 aromatic carbocycles. The van der Waals surface area contributed by atoms with Gasteiger partial charge in [-0.1, -0.05) is 23.7 Å². The standard InChI is InChI=1S/C23H22ClN3O4/c1-23(2,14-28)27-21(29)15-10-16(24)12-17(11-15)26-22(30)19-7-3-4-8-20(19)31-18-6-5-9-25-13-18/h3-13,28H,14H2,1-2H3,(H,26,30)(H,27,29). The Balaban J connectivity index is 1.81. The van der Waals surface area contributed by atoms with Gasteiger partial charge in [0.05, 0.1) is 23.9 Å². The Kier molecular flexibility index (Phi) is 6.89. The molecule has 0 atom stereocenters. The second-order valence-corrected chi connectivity index (χ2v) is 7.90. The normalized spacial score (nSPS) is 11.0. The van der Waals surface area contributed by atoms with Crippen LogP contribution in [0.4, 0.5) is 5.69 Å². The lowest BCUT2D eigenvalue weighted by Crippen LogP contribution is -2.46. The quantitative estimate of drug-likeness (QED) is 0.510. The van der Waals surface area contributed by atoms with Gasteiger partial charge in [-0.2, -0.15) is 0 Å². The summed E-state index contributed by atoms with van der Waals surface area (Å²) in [6, 6.07) is 14.8. The fourth-order valence-electron chi connectivity index (χ4n) is 2.69. The van der Waals surface area contributed by atoms with Crippen molar-refractivity contribution in [3.63, 3.8) is 0 Å². The molecular weight excluding hydrogens is 418 g/mol. The largest absolute Gasteiger partial charge is 0.455 e. The van der Waals surface area contributed by atoms with Crippen LogP contribution in [0.2, 0.25) is 5.02 Å². The molecule has 0 spiro atoms. The van der Waals surface area contributed by atoms with E-state index in [1.165, 1.54) is 18.2 Å². The number of rotatable bonds is 7. The molecule has 0 saturated heterocycles. The monoisotopic (exact) mass is 439 g/mol. The first-order valence-corrected chi connectivity index (χ1v) is 9.87. The number of carbonyl (C=O) groups is 2. The summed E-state index contributed by atoms with van der Waals surface area (Å²) in [7, 11) is 0. The number of hydrogen-bond donors (Lipinski definition) is 3. The number of pyridine rings is 1. The molecule has 0 aliphatic heterocycles. The molecule has 31 heavy (non-hydrogen) atoms. The van der Waals surface area contributed by atoms with Crippen LogP contribution in [0.1, 0.15) is 34.6 Å². The Labute approximate surface area is 185 Å². The maximum Gasteiger partial charge on any atom is 0.259 e. The molecule has 0 radical (unpaired) electrons. The van der Waals surface area contributed by atoms with E-state index in [0.717, 1.165) is 0 Å². The van der Waals surface area contributed by atoms with Crippen LogP contribution in [0, 0.1) is 0 Å². The fourth-order valence-corrected chi connectivity index (χ4v) is 2.92. The molecule has 3 aromatic rings. The number of benzene rings is 2. The van der Waals surface area contributed by atoms with Gasteiger partial charge < -0.3 is 20.5 Å². The van der Waals surface area contributed by atoms with Gasteiger partial charge in [-0.3, -0.25) is 14.6 Å². The molecule has 0 aliphatic rings. The number of nitrogens with zero attached hydrogens (tertiary/aromatic N) is 1. The van der Waals surface area contributed by atoms with Gasteiger partial charge in [0.2, 0.25) is 0 Å². The summed E-state index contributed by atoms with van der Waals surface area (Å²) in [5.74, 6) is 0.00909. The van der Waals surface area contributed by atoms with Gasteiger partial charge in [-0.05, 0) is 56.3 Å². The van der Waals surface area contributed by atoms with Crippen molar-refractivity contribution < 1.29 is 19.4 Å². The smallest absolute Gasteiger partial charge is 0.259 e. The second kappa shape index (κ2) is 9.59. The maximum absolute atomic E-state index is 12.9. The number of anilines is 1. The zero-order valence-corrected chi connectivity index (χ0v) is 17.8. The van der Waals surface area contributed by atoms with E-state index in [-0.39, 0.29) is 17.2 Å². The predicted octanol–water partition coefficient (Wildman–Crippen LogP) is 4.28. The summed E-state index contributed by atoms with van der Waals surface area (Å²) in [5, 5.41) is 15.1. The van der Waals surface area contributed by atoms with Gasteiger partial charge in [0, 0.05) is 22.5 Å². The van der Waals surface area contributed by atoms with Gasteiger partial charge in [-0.15, -0.1) is 0 Å². The predicted molar refractivity (Wildman–Crippen MR) is 119 cm³/mol. The summed E-state index contributed by atoms with van der Waals surface area (Å²) < 4.78 is 5.78. The van der Waals surface area contributed by atoms with Crippen LogP contribution in [-0.4, -0.2) is 34.1 Å². The number of aromatic nitrogens is 1. The van der Waals surface area contributed by atoms with Crippen molar-refractivity contribution in [1.82, 2.24) is 10.3 Å². The van der Waals surface area contributed by atoms with Crippen LogP contribution in [-0.2, 0) is 0 Å². The van der Waals surface area contributed by atoms with E-state index < -0.39 is 17.4 Å². The Morgan fingerprint density at radius 3 is 2.58 bits per heavy atom. The Bertz CT molecular complexity index is 1090. The number of nitrogens with one attached hydrogen (secondary N) is 2. The number of aliphatic hydroxyl groups excluding tert-OH is 1. The average molecular weight is 440 g/mol. The summed E-state index contributed by atoms with van der Waals surface area (Å²) in [6.45, 7) is 3.16. The number of amides is 2. The lowest BCUT2D eigenvalue weighted by atomic mass is 10.1. The van der Waals surface area contributed by atoms with Crippen molar-refractivity contribution in [2.24, 2.45) is 0 Å². The summed E-state index contributed by atoms with van der Waals surface area (Å²) in [6.07, 6.45) is 3.17. The van der Waals surface area contributed by atoms with E-state index in [2.05, 4.69) is 15.6 Å². The maximum atomic E-state index is 12.9. The van der Waals surface area contributed by atoms with Gasteiger partial charge in [0.25, 0.3) is 11.8 Å². The zero-order valence-electron chi connectivity index (χ0n) is 17.1. The first-order valence-electron chi connectivity index (χ1n) is 9.50. The van der Waals surface area contributed by atoms with Crippen LogP contribution < -0.4 is 15.4 Å². The molecule has 160 valence electrons. The molecule has 1 aromatic heterocycles. The summed E-state index contributed by atoms with van der Waals surface area (Å²) in [4.78, 5) is 29.4. The summed E-state index contributed by atoms with van der Waals surface area (Å²) >= 11 is 6.15. The van der Waals surface area contributed by atoms with E-state index in [4.69, 9.17) is 16.3 Å². The van der Waals surface area contributed by atoms with E-state index in [0.29, 0.717) is 22.7 Å². The second-order valence-electron chi connectivity index (χ2n) is 7.47. The van der Waals surface area contributed by atoms with E-state index in [9.17, 15) is 14.7 Å². The first-order chi connectivity index (χ1) is 14.8. The minimum atomic E-state index is -0.800. The highest BCUT2D eigenvalue weighted by Gasteiger charge is 2.21. The van der Waals surface area contributed by atoms with Crippen LogP contribution in [0.25, 0.3) is 0 Å². The lowest BCUT2D eigenvalue weighted by Gasteiger charge is -2.23. The highest BCUT2D eigenvalue weighted by Crippen LogP contribution is 2.26. The molecule has 0 unspecified atom stereocenters. The molecule has 7 nitrogen and oxygen atoms in total. The Hall–Kier alpha value is -3.42. The third-order valence-electron chi connectivity index (χ3n) is 4.26. The zero-order chi connectivity index (χ0) is 22.4. The van der Waals surface area contributed by atoms with Gasteiger partial charge in [0.15, 0.2) is 0 Å². The van der Waals surface area contributed by atoms with E-state index in [1.54, 1.807) is 62.6 Å². The topological polar surface area (TPSA) is 101 Å². The van der Waals surface area contributed by atoms with Crippen molar-refractivity contribution in [3.05, 3.63) is 83.1 Å². The number of carbonyl (C=O) groups excluding carboxylic acids is 2. The van der Waals surface area contributed by atoms with Crippen molar-refractivity contribution in [2.75, 3.05) is 11.9 Å². The molecular formula is C23H22ClN3O4. The Morgan fingerprint density at radius 1 is 1.10 bits per heavy atom. The van der Waals surface area contributed by atoms with Crippen LogP contribution >= 0.6 is 11.6 Å². The van der Waals surface area contributed by atoms with Crippen LogP contribution in [0.5, 0.6) is 11.5 Å². The first kappa shape index (κ1) is 22.3. The van der Waals surface area contributed by atoms with Crippen LogP contribution in [0.3, 0.4) is 0 Å². The fraction of sp³-hybridized carbons (Fsp3) is 0.174. The van der Waals surface area contributed by atoms with Crippen molar-refractivity contribution >= 4 is 29.1 Å². The van der Waals surface area contributed by atoms with Gasteiger partial charge >= 0.3 is 0 Å². The average Bonchev–Trinajstić information content (AvgIpc) is 2.74. The van der Waals surface area contributed by atoms with Crippen molar-refractivity contribution in [3.8, 4) is 11.5 Å². The van der Waals surface area contributed by atoms with E-state index in [1.807, 2.05) is 0 Å². The van der Waals surface area contributed by atoms with Crippen molar-refractivity contribution in [2.45, 2.75) is 19.4 Å². The molecule has 2 amide bonds. The van der Waals surface area contributed by atoms with Crippen LogP contribution in [0.15, 0.2) is 67.0 Å². The van der Waals surface area contributed by atoms with Gasteiger partial charge in [-0.25, -0.2) is 0 Å². The highest BCUT2D eigenvalue weighted by molar-refractivity contribution is 6.31. The molecule has 0 aliphatic carbocycles. The van der Waals surface area contributed by atoms with Crippen molar-refractivity contribution in [1.29, 1.82) is 0 Å². The van der Waals surface area contributed by atoms with Gasteiger partial charge in [0.1, 0.15) is 11.5 Å². The van der Waals surface area contributed by atoms with E-state index >= 15 is 0 Å². The number of halogens is 1. The Morgan fingerprint density at radius 2 is 1.87 bits per heavy atom. The third-order valence-corrected chi connectivity index (χ3v) is 4.48. The third kappa shape index (κ3) is 6.04. The minimum Gasteiger partial charge on any atom is -0.455 e. The lowest BCUT2D eigenvalue weighted by molar-refractivity contribution is 0.0868. The highest BCUT2D eigenvalue weighted by atomic mass is 35.5. The molecule has 0 fully saturated rings. The molecule has 0 saturated carbocycles. The number of hydrogen-bond acceptors (Lipinski definition) is 5. The SMILES string of the molecule is CC(C)(CO)NC(=O)c1cc(Cl)cc(NC(=O)c2ccccc2Oc2cccnc2)c1. The molecule has 3 N–H and O–H groups in total. The summed E-state index contributed by atoms with van der Waals surface area (Å²) in [5.41, 5.74) is 0.106. The number of aliphatic hydroxyl groups is 1. The minimum absolute atomic E-state index is 0.226. The molecule has 3 rings (SSSR count). The number of para-hydroxylation sites is 1.